The standard InChI is InChI=1S/C6H7N3O2S2/c7-6(8)12-3-4-1-2-5(13-4)9(10)11/h1-2H,3H2,(H3,7,8). The lowest BCUT2D eigenvalue weighted by Crippen LogP contribution is -2.03. The van der Waals surface area contributed by atoms with E-state index in [1.54, 1.807) is 6.07 Å². The summed E-state index contributed by atoms with van der Waals surface area (Å²) < 4.78 is 0. The minimum atomic E-state index is -0.424. The van der Waals surface area contributed by atoms with Crippen LogP contribution in [0, 0.1) is 15.5 Å². The van der Waals surface area contributed by atoms with E-state index in [2.05, 4.69) is 0 Å². The Labute approximate surface area is 82.6 Å². The topological polar surface area (TPSA) is 93.0 Å². The number of hydrogen-bond donors (Lipinski definition) is 2. The van der Waals surface area contributed by atoms with E-state index in [0.29, 0.717) is 5.75 Å². The van der Waals surface area contributed by atoms with Crippen molar-refractivity contribution in [3.8, 4) is 0 Å². The Kier molecular flexibility index (Phi) is 3.26. The van der Waals surface area contributed by atoms with Gasteiger partial charge in [0.05, 0.1) is 4.92 Å². The summed E-state index contributed by atoms with van der Waals surface area (Å²) in [4.78, 5) is 10.7. The molecule has 3 N–H and O–H groups in total. The van der Waals surface area contributed by atoms with Crippen LogP contribution in [0.1, 0.15) is 4.88 Å². The Hall–Kier alpha value is -1.08. The summed E-state index contributed by atoms with van der Waals surface area (Å²) in [7, 11) is 0. The number of amidine groups is 1. The van der Waals surface area contributed by atoms with Gasteiger partial charge in [-0.2, -0.15) is 0 Å². The van der Waals surface area contributed by atoms with Gasteiger partial charge in [-0.1, -0.05) is 23.1 Å². The predicted octanol–water partition coefficient (Wildman–Crippen LogP) is 1.78. The Balaban J connectivity index is 2.59. The second-order valence-electron chi connectivity index (χ2n) is 2.15. The van der Waals surface area contributed by atoms with E-state index in [4.69, 9.17) is 11.1 Å². The SMILES string of the molecule is N=C(N)SCc1ccc([N+](=O)[O-])s1. The molecule has 5 nitrogen and oxygen atoms in total. The van der Waals surface area contributed by atoms with Crippen LogP contribution in [0.2, 0.25) is 0 Å². The molecular weight excluding hydrogens is 210 g/mol. The molecule has 0 aliphatic carbocycles. The average Bonchev–Trinajstić information content (AvgIpc) is 2.48. The first kappa shape index (κ1) is 10.0. The second kappa shape index (κ2) is 4.24. The predicted molar refractivity (Wildman–Crippen MR) is 54.2 cm³/mol. The van der Waals surface area contributed by atoms with Crippen molar-refractivity contribution in [2.45, 2.75) is 5.75 Å². The fraction of sp³-hybridized carbons (Fsp3) is 0.167. The van der Waals surface area contributed by atoms with E-state index in [0.717, 1.165) is 28.0 Å². The minimum absolute atomic E-state index is 0.0241. The number of nitro groups is 1. The van der Waals surface area contributed by atoms with Crippen molar-refractivity contribution in [3.63, 3.8) is 0 Å². The minimum Gasteiger partial charge on any atom is -0.379 e. The highest BCUT2D eigenvalue weighted by atomic mass is 32.2. The Morgan fingerprint density at radius 1 is 1.77 bits per heavy atom. The Morgan fingerprint density at radius 2 is 2.46 bits per heavy atom. The van der Waals surface area contributed by atoms with Gasteiger partial charge in [-0.15, -0.1) is 0 Å². The number of nitrogens with two attached hydrogens (primary N) is 1. The quantitative estimate of drug-likeness (QED) is 0.349. The number of hydrogen-bond acceptors (Lipinski definition) is 5. The molecule has 1 rings (SSSR count). The number of thioether (sulfide) groups is 1. The largest absolute Gasteiger partial charge is 0.379 e. The maximum atomic E-state index is 10.3. The zero-order valence-corrected chi connectivity index (χ0v) is 8.15. The molecule has 13 heavy (non-hydrogen) atoms. The van der Waals surface area contributed by atoms with E-state index < -0.39 is 4.92 Å². The average molecular weight is 217 g/mol. The first-order valence-electron chi connectivity index (χ1n) is 3.29. The van der Waals surface area contributed by atoms with Gasteiger partial charge in [-0.25, -0.2) is 0 Å². The van der Waals surface area contributed by atoms with Crippen LogP contribution in [0.25, 0.3) is 0 Å². The smallest absolute Gasteiger partial charge is 0.324 e. The summed E-state index contributed by atoms with van der Waals surface area (Å²) in [6.45, 7) is 0. The second-order valence-corrected chi connectivity index (χ2v) is 4.31. The molecule has 0 unspecified atom stereocenters. The van der Waals surface area contributed by atoms with E-state index >= 15 is 0 Å². The molecule has 0 amide bonds. The van der Waals surface area contributed by atoms with Crippen molar-refractivity contribution in [1.29, 1.82) is 5.41 Å². The molecule has 0 aliphatic heterocycles. The molecule has 0 atom stereocenters. The first-order valence-corrected chi connectivity index (χ1v) is 5.09. The lowest BCUT2D eigenvalue weighted by molar-refractivity contribution is -0.380. The van der Waals surface area contributed by atoms with Crippen molar-refractivity contribution in [1.82, 2.24) is 0 Å². The first-order chi connectivity index (χ1) is 6.09. The van der Waals surface area contributed by atoms with Gasteiger partial charge in [0.1, 0.15) is 0 Å². The Morgan fingerprint density at radius 3 is 2.92 bits per heavy atom. The van der Waals surface area contributed by atoms with E-state index in [1.807, 2.05) is 0 Å². The third kappa shape index (κ3) is 3.03. The molecular formula is C6H7N3O2S2. The fourth-order valence-corrected chi connectivity index (χ4v) is 2.11. The molecule has 0 bridgehead atoms. The fourth-order valence-electron chi connectivity index (χ4n) is 0.691. The molecule has 0 radical (unpaired) electrons. The van der Waals surface area contributed by atoms with Crippen LogP contribution in [0.4, 0.5) is 5.00 Å². The summed E-state index contributed by atoms with van der Waals surface area (Å²) >= 11 is 2.27. The Bertz CT molecular complexity index is 336. The molecule has 1 heterocycles. The summed E-state index contributed by atoms with van der Waals surface area (Å²) in [5.41, 5.74) is 5.12. The van der Waals surface area contributed by atoms with Crippen molar-refractivity contribution >= 4 is 33.3 Å². The van der Waals surface area contributed by atoms with Gasteiger partial charge in [0, 0.05) is 16.7 Å². The molecule has 0 aliphatic rings. The molecule has 0 aromatic carbocycles. The number of nitrogens with one attached hydrogen (secondary N) is 1. The lowest BCUT2D eigenvalue weighted by Gasteiger charge is -1.92. The molecule has 0 saturated carbocycles. The van der Waals surface area contributed by atoms with Crippen molar-refractivity contribution in [2.75, 3.05) is 0 Å². The van der Waals surface area contributed by atoms with Crippen molar-refractivity contribution in [3.05, 3.63) is 27.1 Å². The lowest BCUT2D eigenvalue weighted by atomic mass is 10.5. The monoisotopic (exact) mass is 217 g/mol. The number of rotatable bonds is 3. The summed E-state index contributed by atoms with van der Waals surface area (Å²) in [5, 5.41) is 17.4. The molecule has 0 saturated heterocycles. The van der Waals surface area contributed by atoms with Crippen LogP contribution in [0.3, 0.4) is 0 Å². The summed E-state index contributed by atoms with van der Waals surface area (Å²) in [6, 6.07) is 3.14. The highest BCUT2D eigenvalue weighted by Gasteiger charge is 2.09. The molecule has 0 fully saturated rings. The number of nitrogens with zero attached hydrogens (tertiary/aromatic N) is 1. The van der Waals surface area contributed by atoms with Crippen LogP contribution in [0.15, 0.2) is 12.1 Å². The highest BCUT2D eigenvalue weighted by Crippen LogP contribution is 2.26. The van der Waals surface area contributed by atoms with Crippen LogP contribution < -0.4 is 5.73 Å². The highest BCUT2D eigenvalue weighted by molar-refractivity contribution is 8.13. The zero-order chi connectivity index (χ0) is 9.84. The molecule has 1 aromatic rings. The summed E-state index contributed by atoms with van der Waals surface area (Å²) in [5.74, 6) is 0.522. The van der Waals surface area contributed by atoms with Crippen LogP contribution in [0.5, 0.6) is 0 Å². The van der Waals surface area contributed by atoms with Crippen LogP contribution in [-0.4, -0.2) is 10.1 Å². The maximum absolute atomic E-state index is 10.3. The van der Waals surface area contributed by atoms with Crippen molar-refractivity contribution < 1.29 is 4.92 Å². The van der Waals surface area contributed by atoms with E-state index in [9.17, 15) is 10.1 Å². The number of thiophene rings is 1. The van der Waals surface area contributed by atoms with E-state index in [1.165, 1.54) is 6.07 Å². The van der Waals surface area contributed by atoms with E-state index in [-0.39, 0.29) is 10.2 Å². The van der Waals surface area contributed by atoms with Gasteiger partial charge in [0.2, 0.25) is 0 Å². The maximum Gasteiger partial charge on any atom is 0.324 e. The third-order valence-corrected chi connectivity index (χ3v) is 3.18. The van der Waals surface area contributed by atoms with Gasteiger partial charge in [0.25, 0.3) is 0 Å². The van der Waals surface area contributed by atoms with Gasteiger partial charge >= 0.3 is 5.00 Å². The molecule has 1 aromatic heterocycles. The van der Waals surface area contributed by atoms with Gasteiger partial charge in [-0.05, 0) is 6.07 Å². The normalized spacial score (nSPS) is 9.85. The zero-order valence-electron chi connectivity index (χ0n) is 6.52. The molecule has 7 heteroatoms. The van der Waals surface area contributed by atoms with Gasteiger partial charge < -0.3 is 5.73 Å². The van der Waals surface area contributed by atoms with Gasteiger partial charge in [-0.3, -0.25) is 15.5 Å². The molecule has 0 spiro atoms. The van der Waals surface area contributed by atoms with Crippen molar-refractivity contribution in [2.24, 2.45) is 5.73 Å². The van der Waals surface area contributed by atoms with Crippen LogP contribution >= 0.6 is 23.1 Å². The van der Waals surface area contributed by atoms with Crippen LogP contribution in [-0.2, 0) is 5.75 Å². The van der Waals surface area contributed by atoms with Gasteiger partial charge in [0.15, 0.2) is 5.17 Å². The third-order valence-electron chi connectivity index (χ3n) is 1.20. The summed E-state index contributed by atoms with van der Waals surface area (Å²) in [6.07, 6.45) is 0. The molecule has 70 valence electrons.